The van der Waals surface area contributed by atoms with Crippen molar-refractivity contribution in [1.29, 1.82) is 0 Å². The Kier molecular flexibility index (Phi) is 1.54. The van der Waals surface area contributed by atoms with Gasteiger partial charge in [0, 0.05) is 11.1 Å². The fourth-order valence-corrected chi connectivity index (χ4v) is 4.39. The molecular formula is C20H13N2+. The maximum atomic E-state index is 4.35. The summed E-state index contributed by atoms with van der Waals surface area (Å²) in [5, 5.41) is 2.66. The summed E-state index contributed by atoms with van der Waals surface area (Å²) in [6, 6.07) is 15.4. The van der Waals surface area contributed by atoms with Crippen LogP contribution in [-0.4, -0.2) is 4.40 Å². The molecule has 0 bridgehead atoms. The molecule has 102 valence electrons. The summed E-state index contributed by atoms with van der Waals surface area (Å²) in [6.45, 7) is 8.62. The number of nitrogens with zero attached hydrogens (tertiary/aromatic N) is 2. The van der Waals surface area contributed by atoms with Crippen LogP contribution < -0.4 is 4.57 Å². The van der Waals surface area contributed by atoms with E-state index in [-0.39, 0.29) is 6.04 Å². The standard InChI is InChI=1S/C20H13N2/c1-11-12(2)19-18-14(11)8-7-13-9-10-21-15-5-3-4-6-16(15)22(19)20(21)17(13)18/h3-10,19H,1-2H2/q+1. The fourth-order valence-electron chi connectivity index (χ4n) is 4.39. The van der Waals surface area contributed by atoms with Gasteiger partial charge >= 0.3 is 0 Å². The molecule has 1 aliphatic heterocycles. The van der Waals surface area contributed by atoms with E-state index in [1.165, 1.54) is 38.6 Å². The van der Waals surface area contributed by atoms with Crippen LogP contribution in [-0.2, 0) is 0 Å². The summed E-state index contributed by atoms with van der Waals surface area (Å²) in [6.07, 6.45) is 2.18. The molecule has 6 rings (SSSR count). The number of hydrogen-bond acceptors (Lipinski definition) is 0. The zero-order valence-electron chi connectivity index (χ0n) is 12.0. The third-order valence-corrected chi connectivity index (χ3v) is 5.34. The van der Waals surface area contributed by atoms with Gasteiger partial charge in [-0.3, -0.25) is 0 Å². The summed E-state index contributed by atoms with van der Waals surface area (Å²) in [5.41, 5.74) is 8.68. The Morgan fingerprint density at radius 2 is 1.86 bits per heavy atom. The smallest absolute Gasteiger partial charge is 0.211 e. The first-order chi connectivity index (χ1) is 10.8. The summed E-state index contributed by atoms with van der Waals surface area (Å²) < 4.78 is 4.75. The van der Waals surface area contributed by atoms with Crippen molar-refractivity contribution >= 4 is 33.0 Å². The second-order valence-electron chi connectivity index (χ2n) is 6.27. The highest BCUT2D eigenvalue weighted by Crippen LogP contribution is 2.50. The highest BCUT2D eigenvalue weighted by Gasteiger charge is 2.44. The Hall–Kier alpha value is -2.87. The predicted molar refractivity (Wildman–Crippen MR) is 88.9 cm³/mol. The van der Waals surface area contributed by atoms with Crippen LogP contribution in [0, 0.1) is 0 Å². The van der Waals surface area contributed by atoms with Crippen molar-refractivity contribution in [3.63, 3.8) is 0 Å². The van der Waals surface area contributed by atoms with Gasteiger partial charge in [0.05, 0.1) is 11.6 Å². The van der Waals surface area contributed by atoms with E-state index in [4.69, 9.17) is 0 Å². The second-order valence-corrected chi connectivity index (χ2v) is 6.27. The van der Waals surface area contributed by atoms with Gasteiger partial charge < -0.3 is 0 Å². The van der Waals surface area contributed by atoms with E-state index in [1.807, 2.05) is 0 Å². The van der Waals surface area contributed by atoms with Gasteiger partial charge in [0.1, 0.15) is 0 Å². The summed E-state index contributed by atoms with van der Waals surface area (Å²) in [5.74, 6) is 0. The molecule has 0 spiro atoms. The summed E-state index contributed by atoms with van der Waals surface area (Å²) in [7, 11) is 0. The predicted octanol–water partition coefficient (Wildman–Crippen LogP) is 4.02. The van der Waals surface area contributed by atoms with Gasteiger partial charge in [-0.2, -0.15) is 4.40 Å². The molecule has 0 saturated heterocycles. The summed E-state index contributed by atoms with van der Waals surface area (Å²) in [4.78, 5) is 0. The van der Waals surface area contributed by atoms with Crippen molar-refractivity contribution in [2.75, 3.05) is 0 Å². The van der Waals surface area contributed by atoms with Crippen molar-refractivity contribution in [1.82, 2.24) is 4.40 Å². The van der Waals surface area contributed by atoms with Crippen LogP contribution >= 0.6 is 0 Å². The Balaban J connectivity index is 2.03. The number of allylic oxidation sites excluding steroid dienone is 2. The molecule has 2 aliphatic rings. The lowest BCUT2D eigenvalue weighted by Crippen LogP contribution is -2.36. The molecule has 2 heteroatoms. The Morgan fingerprint density at radius 1 is 1.00 bits per heavy atom. The van der Waals surface area contributed by atoms with Crippen LogP contribution in [0.5, 0.6) is 0 Å². The van der Waals surface area contributed by atoms with Crippen LogP contribution in [0.1, 0.15) is 17.2 Å². The van der Waals surface area contributed by atoms with E-state index in [9.17, 15) is 0 Å². The van der Waals surface area contributed by atoms with Crippen molar-refractivity contribution in [2.24, 2.45) is 0 Å². The normalized spacial score (nSPS) is 18.6. The average molecular weight is 281 g/mol. The first-order valence-corrected chi connectivity index (χ1v) is 7.56. The molecule has 22 heavy (non-hydrogen) atoms. The monoisotopic (exact) mass is 281 g/mol. The first kappa shape index (κ1) is 10.8. The number of hydrogen-bond donors (Lipinski definition) is 0. The lowest BCUT2D eigenvalue weighted by molar-refractivity contribution is -0.648. The molecule has 0 N–H and O–H groups in total. The maximum absolute atomic E-state index is 4.35. The van der Waals surface area contributed by atoms with Crippen molar-refractivity contribution in [3.05, 3.63) is 78.5 Å². The Labute approximate surface area is 127 Å². The number of aromatic nitrogens is 2. The van der Waals surface area contributed by atoms with E-state index >= 15 is 0 Å². The van der Waals surface area contributed by atoms with Gasteiger partial charge in [-0.05, 0) is 34.7 Å². The molecule has 0 saturated carbocycles. The van der Waals surface area contributed by atoms with E-state index in [0.717, 1.165) is 11.1 Å². The molecule has 0 radical (unpaired) electrons. The van der Waals surface area contributed by atoms with Crippen LogP contribution in [0.15, 0.2) is 67.4 Å². The largest absolute Gasteiger partial charge is 0.296 e. The van der Waals surface area contributed by atoms with Gasteiger partial charge in [0.25, 0.3) is 5.65 Å². The van der Waals surface area contributed by atoms with E-state index in [2.05, 4.69) is 70.8 Å². The van der Waals surface area contributed by atoms with Gasteiger partial charge in [0.2, 0.25) is 0 Å². The van der Waals surface area contributed by atoms with Crippen LogP contribution in [0.4, 0.5) is 0 Å². The minimum atomic E-state index is 0.207. The lowest BCUT2D eigenvalue weighted by Gasteiger charge is -2.06. The number of para-hydroxylation sites is 2. The molecule has 2 aromatic heterocycles. The second kappa shape index (κ2) is 3.14. The van der Waals surface area contributed by atoms with Gasteiger partial charge in [-0.1, -0.05) is 37.4 Å². The first-order valence-electron chi connectivity index (χ1n) is 7.56. The van der Waals surface area contributed by atoms with E-state index < -0.39 is 0 Å². The third-order valence-electron chi connectivity index (χ3n) is 5.34. The quantitative estimate of drug-likeness (QED) is 0.430. The van der Waals surface area contributed by atoms with Crippen LogP contribution in [0.25, 0.3) is 33.0 Å². The highest BCUT2D eigenvalue weighted by atomic mass is 15.2. The maximum Gasteiger partial charge on any atom is 0.296 e. The molecule has 1 atom stereocenters. The minimum absolute atomic E-state index is 0.207. The van der Waals surface area contributed by atoms with Crippen molar-refractivity contribution in [2.45, 2.75) is 6.04 Å². The molecule has 1 unspecified atom stereocenters. The molecule has 1 aliphatic carbocycles. The van der Waals surface area contributed by atoms with Gasteiger partial charge in [-0.25, -0.2) is 4.57 Å². The van der Waals surface area contributed by atoms with Crippen molar-refractivity contribution in [3.8, 4) is 0 Å². The summed E-state index contributed by atoms with van der Waals surface area (Å²) >= 11 is 0. The fraction of sp³-hybridized carbons (Fsp3) is 0.0500. The average Bonchev–Trinajstić information content (AvgIpc) is 3.14. The van der Waals surface area contributed by atoms with Crippen molar-refractivity contribution < 1.29 is 4.57 Å². The molecule has 3 heterocycles. The zero-order valence-corrected chi connectivity index (χ0v) is 12.0. The van der Waals surface area contributed by atoms with E-state index in [0.29, 0.717) is 0 Å². The molecule has 4 aromatic rings. The zero-order chi connectivity index (χ0) is 14.6. The Morgan fingerprint density at radius 3 is 2.77 bits per heavy atom. The molecule has 0 amide bonds. The van der Waals surface area contributed by atoms with Gasteiger partial charge in [0.15, 0.2) is 17.1 Å². The number of rotatable bonds is 0. The van der Waals surface area contributed by atoms with Crippen LogP contribution in [0.3, 0.4) is 0 Å². The third kappa shape index (κ3) is 0.906. The van der Waals surface area contributed by atoms with Crippen LogP contribution in [0.2, 0.25) is 0 Å². The SMILES string of the molecule is C=C1C(=C)C2c3c1ccc1ccn4c5ccccc5[n+]2c4c31. The van der Waals surface area contributed by atoms with Gasteiger partial charge in [-0.15, -0.1) is 0 Å². The lowest BCUT2D eigenvalue weighted by atomic mass is 10.0. The molecule has 0 fully saturated rings. The highest BCUT2D eigenvalue weighted by molar-refractivity contribution is 6.06. The number of fused-ring (bicyclic) bond motifs is 4. The molecule has 2 aromatic carbocycles. The number of benzene rings is 2. The topological polar surface area (TPSA) is 8.29 Å². The molecule has 2 nitrogen and oxygen atoms in total. The number of imidazole rings is 1. The molecular weight excluding hydrogens is 268 g/mol. The number of pyridine rings is 1. The Bertz CT molecular complexity index is 1210. The minimum Gasteiger partial charge on any atom is -0.211 e. The van der Waals surface area contributed by atoms with E-state index in [1.54, 1.807) is 0 Å².